The Hall–Kier alpha value is -2.08. The number of carbonyl (C=O) groups excluding carboxylic acids is 1. The monoisotopic (exact) mass is 294 g/mol. The maximum absolute atomic E-state index is 12.0. The van der Waals surface area contributed by atoms with Gasteiger partial charge in [0.15, 0.2) is 0 Å². The molecule has 0 bridgehead atoms. The number of amides is 1. The number of nitrogens with zero attached hydrogens (tertiary/aromatic N) is 2. The molecular weight excluding hydrogens is 280 g/mol. The minimum absolute atomic E-state index is 0.167. The number of oxazole rings is 1. The lowest BCUT2D eigenvalue weighted by atomic mass is 10.3. The third-order valence-electron chi connectivity index (χ3n) is 2.67. The molecule has 106 valence electrons. The molecule has 0 aliphatic heterocycles. The van der Waals surface area contributed by atoms with E-state index in [0.29, 0.717) is 16.7 Å². The first-order valence-electron chi connectivity index (χ1n) is 6.20. The summed E-state index contributed by atoms with van der Waals surface area (Å²) in [7, 11) is 1.72. The standard InChI is InChI=1S/C13H15ClN4O2/c1-3-8-6-16-11(20-8)7-17-13(19)12-9(14)4-5-10(15-2)18-12/h4-6H,3,7H2,1-2H3,(H,15,18)(H,17,19). The molecule has 0 spiro atoms. The fourth-order valence-corrected chi connectivity index (χ4v) is 1.76. The van der Waals surface area contributed by atoms with E-state index >= 15 is 0 Å². The van der Waals surface area contributed by atoms with E-state index in [2.05, 4.69) is 20.6 Å². The van der Waals surface area contributed by atoms with Crippen LogP contribution in [0, 0.1) is 0 Å². The molecular formula is C13H15ClN4O2. The van der Waals surface area contributed by atoms with Crippen LogP contribution in [0.3, 0.4) is 0 Å². The quantitative estimate of drug-likeness (QED) is 0.884. The smallest absolute Gasteiger partial charge is 0.271 e. The van der Waals surface area contributed by atoms with Gasteiger partial charge in [-0.15, -0.1) is 0 Å². The number of halogens is 1. The van der Waals surface area contributed by atoms with Gasteiger partial charge in [-0.2, -0.15) is 0 Å². The second-order valence-corrected chi connectivity index (χ2v) is 4.44. The minimum Gasteiger partial charge on any atom is -0.444 e. The number of hydrogen-bond donors (Lipinski definition) is 2. The number of carbonyl (C=O) groups is 1. The third-order valence-corrected chi connectivity index (χ3v) is 2.97. The molecule has 0 radical (unpaired) electrons. The van der Waals surface area contributed by atoms with Gasteiger partial charge in [0.1, 0.15) is 17.3 Å². The van der Waals surface area contributed by atoms with Gasteiger partial charge in [0.25, 0.3) is 5.91 Å². The van der Waals surface area contributed by atoms with Crippen LogP contribution in [0.5, 0.6) is 0 Å². The maximum atomic E-state index is 12.0. The predicted octanol–water partition coefficient (Wildman–Crippen LogP) is 2.26. The Balaban J connectivity index is 2.04. The predicted molar refractivity (Wildman–Crippen MR) is 75.8 cm³/mol. The van der Waals surface area contributed by atoms with Crippen molar-refractivity contribution in [1.29, 1.82) is 0 Å². The molecule has 20 heavy (non-hydrogen) atoms. The molecule has 0 atom stereocenters. The fraction of sp³-hybridized carbons (Fsp3) is 0.308. The van der Waals surface area contributed by atoms with Gasteiger partial charge in [0.2, 0.25) is 5.89 Å². The normalized spacial score (nSPS) is 10.3. The number of aromatic nitrogens is 2. The van der Waals surface area contributed by atoms with Crippen molar-refractivity contribution in [3.8, 4) is 0 Å². The Morgan fingerprint density at radius 1 is 1.45 bits per heavy atom. The zero-order valence-electron chi connectivity index (χ0n) is 11.2. The molecule has 2 aromatic heterocycles. The zero-order chi connectivity index (χ0) is 14.5. The van der Waals surface area contributed by atoms with E-state index in [0.717, 1.165) is 12.2 Å². The number of hydrogen-bond acceptors (Lipinski definition) is 5. The summed E-state index contributed by atoms with van der Waals surface area (Å²) >= 11 is 5.97. The number of pyridine rings is 1. The van der Waals surface area contributed by atoms with Gasteiger partial charge in [-0.05, 0) is 12.1 Å². The number of nitrogens with one attached hydrogen (secondary N) is 2. The molecule has 0 fully saturated rings. The van der Waals surface area contributed by atoms with E-state index in [9.17, 15) is 4.79 Å². The first kappa shape index (κ1) is 14.3. The van der Waals surface area contributed by atoms with Crippen molar-refractivity contribution < 1.29 is 9.21 Å². The summed E-state index contributed by atoms with van der Waals surface area (Å²) in [6.45, 7) is 2.16. The largest absolute Gasteiger partial charge is 0.444 e. The average Bonchev–Trinajstić information content (AvgIpc) is 2.93. The Morgan fingerprint density at radius 3 is 2.90 bits per heavy atom. The van der Waals surface area contributed by atoms with Crippen LogP contribution in [0.15, 0.2) is 22.7 Å². The average molecular weight is 295 g/mol. The summed E-state index contributed by atoms with van der Waals surface area (Å²) < 4.78 is 5.40. The van der Waals surface area contributed by atoms with Gasteiger partial charge >= 0.3 is 0 Å². The molecule has 0 aliphatic rings. The molecule has 0 aromatic carbocycles. The Bertz CT molecular complexity index is 612. The van der Waals surface area contributed by atoms with Crippen molar-refractivity contribution in [1.82, 2.24) is 15.3 Å². The Kier molecular flexibility index (Phi) is 4.57. The highest BCUT2D eigenvalue weighted by Gasteiger charge is 2.14. The van der Waals surface area contributed by atoms with Crippen LogP contribution in [0.25, 0.3) is 0 Å². The minimum atomic E-state index is -0.372. The topological polar surface area (TPSA) is 80.0 Å². The number of aryl methyl sites for hydroxylation is 1. The maximum Gasteiger partial charge on any atom is 0.271 e. The van der Waals surface area contributed by atoms with Crippen molar-refractivity contribution in [2.24, 2.45) is 0 Å². The zero-order valence-corrected chi connectivity index (χ0v) is 12.0. The molecule has 0 saturated heterocycles. The summed E-state index contributed by atoms with van der Waals surface area (Å²) in [4.78, 5) is 20.2. The van der Waals surface area contributed by atoms with Gasteiger partial charge in [-0.3, -0.25) is 4.79 Å². The first-order valence-corrected chi connectivity index (χ1v) is 6.58. The lowest BCUT2D eigenvalue weighted by Crippen LogP contribution is -2.24. The van der Waals surface area contributed by atoms with Gasteiger partial charge < -0.3 is 15.1 Å². The van der Waals surface area contributed by atoms with Crippen LogP contribution in [0.1, 0.15) is 29.1 Å². The number of rotatable bonds is 5. The van der Waals surface area contributed by atoms with Crippen LogP contribution in [-0.4, -0.2) is 22.9 Å². The van der Waals surface area contributed by atoms with Crippen LogP contribution in [0.2, 0.25) is 5.02 Å². The van der Waals surface area contributed by atoms with E-state index in [-0.39, 0.29) is 18.1 Å². The fourth-order valence-electron chi connectivity index (χ4n) is 1.57. The molecule has 2 aromatic rings. The summed E-state index contributed by atoms with van der Waals surface area (Å²) in [5.41, 5.74) is 0.167. The molecule has 2 rings (SSSR count). The highest BCUT2D eigenvalue weighted by Crippen LogP contribution is 2.16. The van der Waals surface area contributed by atoms with Crippen molar-refractivity contribution in [2.45, 2.75) is 19.9 Å². The van der Waals surface area contributed by atoms with Crippen molar-refractivity contribution in [3.63, 3.8) is 0 Å². The lowest BCUT2D eigenvalue weighted by Gasteiger charge is -2.06. The third kappa shape index (κ3) is 3.27. The summed E-state index contributed by atoms with van der Waals surface area (Å²) in [6, 6.07) is 3.32. The number of anilines is 1. The van der Waals surface area contributed by atoms with E-state index in [1.165, 1.54) is 0 Å². The van der Waals surface area contributed by atoms with Crippen molar-refractivity contribution >= 4 is 23.3 Å². The highest BCUT2D eigenvalue weighted by molar-refractivity contribution is 6.33. The summed E-state index contributed by atoms with van der Waals surface area (Å²) in [5, 5.41) is 5.82. The Morgan fingerprint density at radius 2 is 2.25 bits per heavy atom. The molecule has 7 heteroatoms. The van der Waals surface area contributed by atoms with Gasteiger partial charge in [-0.1, -0.05) is 18.5 Å². The Labute approximate surface area is 121 Å². The van der Waals surface area contributed by atoms with Crippen LogP contribution < -0.4 is 10.6 Å². The van der Waals surface area contributed by atoms with E-state index in [1.807, 2.05) is 6.92 Å². The summed E-state index contributed by atoms with van der Waals surface area (Å²) in [5.74, 6) is 1.44. The van der Waals surface area contributed by atoms with Gasteiger partial charge in [0.05, 0.1) is 17.8 Å². The first-order chi connectivity index (χ1) is 9.63. The van der Waals surface area contributed by atoms with E-state index < -0.39 is 0 Å². The second-order valence-electron chi connectivity index (χ2n) is 4.03. The molecule has 6 nitrogen and oxygen atoms in total. The van der Waals surface area contributed by atoms with Crippen molar-refractivity contribution in [3.05, 3.63) is 40.7 Å². The van der Waals surface area contributed by atoms with Gasteiger partial charge in [-0.25, -0.2) is 9.97 Å². The molecule has 0 saturated carbocycles. The SMILES string of the molecule is CCc1cnc(CNC(=O)c2nc(NC)ccc2Cl)o1. The molecule has 1 amide bonds. The molecule has 2 heterocycles. The molecule has 0 aliphatic carbocycles. The summed E-state index contributed by atoms with van der Waals surface area (Å²) in [6.07, 6.45) is 2.41. The van der Waals surface area contributed by atoms with E-state index in [4.69, 9.17) is 16.0 Å². The van der Waals surface area contributed by atoms with Crippen molar-refractivity contribution in [2.75, 3.05) is 12.4 Å². The van der Waals surface area contributed by atoms with Crippen LogP contribution >= 0.6 is 11.6 Å². The second kappa shape index (κ2) is 6.38. The highest BCUT2D eigenvalue weighted by atomic mass is 35.5. The van der Waals surface area contributed by atoms with Crippen LogP contribution in [0.4, 0.5) is 5.82 Å². The molecule has 2 N–H and O–H groups in total. The van der Waals surface area contributed by atoms with E-state index in [1.54, 1.807) is 25.4 Å². The van der Waals surface area contributed by atoms with Gasteiger partial charge in [0, 0.05) is 13.5 Å². The van der Waals surface area contributed by atoms with Crippen LogP contribution in [-0.2, 0) is 13.0 Å². The molecule has 0 unspecified atom stereocenters. The lowest BCUT2D eigenvalue weighted by molar-refractivity contribution is 0.0942.